The SMILES string of the molecule is CNC(C)(C)C(=O)Nc1ccc(Cl)cc1Cl. The van der Waals surface area contributed by atoms with Crippen LogP contribution in [0.5, 0.6) is 0 Å². The second-order valence-electron chi connectivity index (χ2n) is 3.95. The summed E-state index contributed by atoms with van der Waals surface area (Å²) in [5.74, 6) is -0.153. The van der Waals surface area contributed by atoms with Crippen LogP contribution >= 0.6 is 23.2 Å². The van der Waals surface area contributed by atoms with E-state index in [0.717, 1.165) is 0 Å². The highest BCUT2D eigenvalue weighted by Gasteiger charge is 2.25. The lowest BCUT2D eigenvalue weighted by Gasteiger charge is -2.23. The molecule has 1 amide bonds. The molecule has 0 aromatic heterocycles. The zero-order chi connectivity index (χ0) is 12.3. The number of nitrogens with one attached hydrogen (secondary N) is 2. The zero-order valence-electron chi connectivity index (χ0n) is 9.40. The number of benzene rings is 1. The molecule has 1 aromatic rings. The second-order valence-corrected chi connectivity index (χ2v) is 4.80. The number of rotatable bonds is 3. The van der Waals surface area contributed by atoms with Gasteiger partial charge in [-0.2, -0.15) is 0 Å². The van der Waals surface area contributed by atoms with Crippen molar-refractivity contribution in [1.82, 2.24) is 5.32 Å². The highest BCUT2D eigenvalue weighted by atomic mass is 35.5. The van der Waals surface area contributed by atoms with E-state index in [1.807, 2.05) is 0 Å². The van der Waals surface area contributed by atoms with Crippen LogP contribution in [0.25, 0.3) is 0 Å². The van der Waals surface area contributed by atoms with Crippen LogP contribution in [-0.4, -0.2) is 18.5 Å². The van der Waals surface area contributed by atoms with Crippen molar-refractivity contribution in [3.8, 4) is 0 Å². The minimum Gasteiger partial charge on any atom is -0.323 e. The maximum Gasteiger partial charge on any atom is 0.244 e. The molecule has 0 saturated carbocycles. The molecule has 0 spiro atoms. The molecule has 0 aliphatic rings. The fraction of sp³-hybridized carbons (Fsp3) is 0.364. The molecule has 0 unspecified atom stereocenters. The van der Waals surface area contributed by atoms with E-state index in [1.54, 1.807) is 39.1 Å². The van der Waals surface area contributed by atoms with E-state index in [4.69, 9.17) is 23.2 Å². The molecule has 0 atom stereocenters. The van der Waals surface area contributed by atoms with Gasteiger partial charge in [-0.1, -0.05) is 23.2 Å². The Morgan fingerprint density at radius 3 is 2.44 bits per heavy atom. The normalized spacial score (nSPS) is 11.3. The van der Waals surface area contributed by atoms with Gasteiger partial charge in [-0.15, -0.1) is 0 Å². The van der Waals surface area contributed by atoms with Gasteiger partial charge in [0, 0.05) is 5.02 Å². The monoisotopic (exact) mass is 260 g/mol. The van der Waals surface area contributed by atoms with Crippen LogP contribution in [0.1, 0.15) is 13.8 Å². The van der Waals surface area contributed by atoms with Crippen molar-refractivity contribution in [2.24, 2.45) is 0 Å². The third-order valence-electron chi connectivity index (χ3n) is 2.37. The van der Waals surface area contributed by atoms with Gasteiger partial charge < -0.3 is 10.6 Å². The van der Waals surface area contributed by atoms with Gasteiger partial charge in [0.2, 0.25) is 5.91 Å². The van der Waals surface area contributed by atoms with E-state index < -0.39 is 5.54 Å². The van der Waals surface area contributed by atoms with Gasteiger partial charge in [0.25, 0.3) is 0 Å². The smallest absolute Gasteiger partial charge is 0.244 e. The van der Waals surface area contributed by atoms with Crippen molar-refractivity contribution in [2.45, 2.75) is 19.4 Å². The van der Waals surface area contributed by atoms with Crippen molar-refractivity contribution in [1.29, 1.82) is 0 Å². The van der Waals surface area contributed by atoms with E-state index in [2.05, 4.69) is 10.6 Å². The van der Waals surface area contributed by atoms with Gasteiger partial charge in [0.05, 0.1) is 16.2 Å². The summed E-state index contributed by atoms with van der Waals surface area (Å²) in [5, 5.41) is 6.61. The Kier molecular flexibility index (Phi) is 4.19. The minimum absolute atomic E-state index is 0.153. The molecule has 0 bridgehead atoms. The highest BCUT2D eigenvalue weighted by Crippen LogP contribution is 2.25. The van der Waals surface area contributed by atoms with E-state index in [9.17, 15) is 4.79 Å². The lowest BCUT2D eigenvalue weighted by Crippen LogP contribution is -2.47. The van der Waals surface area contributed by atoms with E-state index in [1.165, 1.54) is 0 Å². The van der Waals surface area contributed by atoms with Gasteiger partial charge >= 0.3 is 0 Å². The Hall–Kier alpha value is -0.770. The topological polar surface area (TPSA) is 41.1 Å². The summed E-state index contributed by atoms with van der Waals surface area (Å²) in [5.41, 5.74) is -0.0948. The van der Waals surface area contributed by atoms with Crippen molar-refractivity contribution in [3.63, 3.8) is 0 Å². The van der Waals surface area contributed by atoms with Crippen LogP contribution < -0.4 is 10.6 Å². The molecule has 0 aliphatic heterocycles. The molecule has 2 N–H and O–H groups in total. The number of hydrogen-bond donors (Lipinski definition) is 2. The van der Waals surface area contributed by atoms with Crippen LogP contribution in [-0.2, 0) is 4.79 Å². The minimum atomic E-state index is -0.650. The lowest BCUT2D eigenvalue weighted by atomic mass is 10.1. The Balaban J connectivity index is 2.85. The molecule has 5 heteroatoms. The summed E-state index contributed by atoms with van der Waals surface area (Å²) in [6.07, 6.45) is 0. The number of likely N-dealkylation sites (N-methyl/N-ethyl adjacent to an activating group) is 1. The summed E-state index contributed by atoms with van der Waals surface area (Å²) < 4.78 is 0. The molecule has 0 saturated heterocycles. The number of carbonyl (C=O) groups is 1. The average molecular weight is 261 g/mol. The first-order chi connectivity index (χ1) is 7.36. The maximum atomic E-state index is 11.8. The molecule has 16 heavy (non-hydrogen) atoms. The first-order valence-corrected chi connectivity index (χ1v) is 5.58. The predicted molar refractivity (Wildman–Crippen MR) is 68.2 cm³/mol. The van der Waals surface area contributed by atoms with Crippen molar-refractivity contribution >= 4 is 34.8 Å². The fourth-order valence-electron chi connectivity index (χ4n) is 0.983. The Labute approximate surface area is 105 Å². The Bertz CT molecular complexity index is 405. The van der Waals surface area contributed by atoms with E-state index >= 15 is 0 Å². The number of carbonyl (C=O) groups excluding carboxylic acids is 1. The van der Waals surface area contributed by atoms with Gasteiger partial charge in [-0.05, 0) is 39.1 Å². The average Bonchev–Trinajstić information content (AvgIpc) is 2.22. The quantitative estimate of drug-likeness (QED) is 0.878. The number of hydrogen-bond acceptors (Lipinski definition) is 2. The summed E-state index contributed by atoms with van der Waals surface area (Å²) >= 11 is 11.7. The molecule has 0 fully saturated rings. The molecule has 1 rings (SSSR count). The van der Waals surface area contributed by atoms with Crippen LogP contribution in [0, 0.1) is 0 Å². The zero-order valence-corrected chi connectivity index (χ0v) is 10.9. The predicted octanol–water partition coefficient (Wildman–Crippen LogP) is 2.93. The number of halogens is 2. The molecule has 1 aromatic carbocycles. The fourth-order valence-corrected chi connectivity index (χ4v) is 1.44. The van der Waals surface area contributed by atoms with Crippen LogP contribution in [0.15, 0.2) is 18.2 Å². The lowest BCUT2D eigenvalue weighted by molar-refractivity contribution is -0.121. The molecular weight excluding hydrogens is 247 g/mol. The van der Waals surface area contributed by atoms with Gasteiger partial charge in [0.1, 0.15) is 0 Å². The summed E-state index contributed by atoms with van der Waals surface area (Å²) in [6, 6.07) is 4.94. The first-order valence-electron chi connectivity index (χ1n) is 4.82. The summed E-state index contributed by atoms with van der Waals surface area (Å²) in [4.78, 5) is 11.8. The van der Waals surface area contributed by atoms with Crippen molar-refractivity contribution in [3.05, 3.63) is 28.2 Å². The third-order valence-corrected chi connectivity index (χ3v) is 2.92. The Morgan fingerprint density at radius 2 is 1.94 bits per heavy atom. The summed E-state index contributed by atoms with van der Waals surface area (Å²) in [7, 11) is 1.73. The Morgan fingerprint density at radius 1 is 1.31 bits per heavy atom. The molecule has 88 valence electrons. The molecular formula is C11H14Cl2N2O. The van der Waals surface area contributed by atoms with Gasteiger partial charge in [-0.25, -0.2) is 0 Å². The van der Waals surface area contributed by atoms with Crippen molar-refractivity contribution in [2.75, 3.05) is 12.4 Å². The third kappa shape index (κ3) is 3.11. The molecule has 3 nitrogen and oxygen atoms in total. The van der Waals surface area contributed by atoms with E-state index in [0.29, 0.717) is 15.7 Å². The number of anilines is 1. The second kappa shape index (κ2) is 5.04. The standard InChI is InChI=1S/C11H14Cl2N2O/c1-11(2,14-3)10(16)15-9-5-4-7(12)6-8(9)13/h4-6,14H,1-3H3,(H,15,16). The van der Waals surface area contributed by atoms with Crippen LogP contribution in [0.2, 0.25) is 10.0 Å². The van der Waals surface area contributed by atoms with Gasteiger partial charge in [-0.3, -0.25) is 4.79 Å². The van der Waals surface area contributed by atoms with E-state index in [-0.39, 0.29) is 5.91 Å². The summed E-state index contributed by atoms with van der Waals surface area (Å²) in [6.45, 7) is 3.57. The van der Waals surface area contributed by atoms with Crippen LogP contribution in [0.4, 0.5) is 5.69 Å². The highest BCUT2D eigenvalue weighted by molar-refractivity contribution is 6.36. The van der Waals surface area contributed by atoms with Crippen molar-refractivity contribution < 1.29 is 4.79 Å². The maximum absolute atomic E-state index is 11.8. The first kappa shape index (κ1) is 13.3. The molecule has 0 heterocycles. The number of amides is 1. The molecule has 0 radical (unpaired) electrons. The largest absolute Gasteiger partial charge is 0.323 e. The van der Waals surface area contributed by atoms with Crippen LogP contribution in [0.3, 0.4) is 0 Å². The molecule has 0 aliphatic carbocycles. The van der Waals surface area contributed by atoms with Gasteiger partial charge in [0.15, 0.2) is 0 Å².